The molecule has 0 radical (unpaired) electrons. The highest BCUT2D eigenvalue weighted by atomic mass is 16.4. The molecule has 0 saturated carbocycles. The Kier molecular flexibility index (Phi) is 3.57. The number of rotatable bonds is 5. The maximum Gasteiger partial charge on any atom is 0.308 e. The molecule has 0 aliphatic heterocycles. The molecule has 0 aliphatic carbocycles. The predicted molar refractivity (Wildman–Crippen MR) is 67.1 cm³/mol. The van der Waals surface area contributed by atoms with Gasteiger partial charge in [0.25, 0.3) is 0 Å². The molecule has 2 aromatic rings. The maximum absolute atomic E-state index is 10.6. The first-order chi connectivity index (χ1) is 8.66. The lowest BCUT2D eigenvalue weighted by molar-refractivity contribution is -0.140. The Morgan fingerprint density at radius 2 is 2.17 bits per heavy atom. The number of H-pyrrole nitrogens is 1. The first-order valence-electron chi connectivity index (χ1n) is 5.58. The van der Waals surface area contributed by atoms with Crippen LogP contribution < -0.4 is 5.32 Å². The highest BCUT2D eigenvalue weighted by Gasteiger charge is 2.10. The lowest BCUT2D eigenvalue weighted by atomic mass is 10.2. The number of hydrogen-bond acceptors (Lipinski definition) is 4. The van der Waals surface area contributed by atoms with Gasteiger partial charge in [0.15, 0.2) is 0 Å². The third-order valence-corrected chi connectivity index (χ3v) is 2.57. The standard InChI is InChI=1S/C12H14N4O2/c1-8(11(17)18)4-14-12-15-6-10(7-16-12)9-2-3-13-5-9/h2-3,5-8,13H,4H2,1H3,(H,17,18)(H,14,15,16). The van der Waals surface area contributed by atoms with Crippen molar-refractivity contribution in [3.8, 4) is 11.1 Å². The number of aromatic amines is 1. The molecule has 1 unspecified atom stereocenters. The van der Waals surface area contributed by atoms with Gasteiger partial charge in [-0.2, -0.15) is 0 Å². The summed E-state index contributed by atoms with van der Waals surface area (Å²) in [6, 6.07) is 1.93. The Labute approximate surface area is 104 Å². The fourth-order valence-corrected chi connectivity index (χ4v) is 1.40. The summed E-state index contributed by atoms with van der Waals surface area (Å²) in [5, 5.41) is 11.6. The molecule has 0 aromatic carbocycles. The molecule has 18 heavy (non-hydrogen) atoms. The van der Waals surface area contributed by atoms with Gasteiger partial charge in [0.1, 0.15) is 0 Å². The average Bonchev–Trinajstić information content (AvgIpc) is 2.90. The number of aliphatic carboxylic acids is 1. The van der Waals surface area contributed by atoms with Crippen molar-refractivity contribution < 1.29 is 9.90 Å². The zero-order valence-corrected chi connectivity index (χ0v) is 9.92. The maximum atomic E-state index is 10.6. The second kappa shape index (κ2) is 5.31. The molecule has 0 fully saturated rings. The first kappa shape index (κ1) is 12.1. The van der Waals surface area contributed by atoms with Crippen molar-refractivity contribution in [2.45, 2.75) is 6.92 Å². The summed E-state index contributed by atoms with van der Waals surface area (Å²) in [7, 11) is 0. The number of nitrogens with zero attached hydrogens (tertiary/aromatic N) is 2. The number of nitrogens with one attached hydrogen (secondary N) is 2. The van der Waals surface area contributed by atoms with Crippen molar-refractivity contribution in [1.29, 1.82) is 0 Å². The Morgan fingerprint density at radius 3 is 2.72 bits per heavy atom. The fraction of sp³-hybridized carbons (Fsp3) is 0.250. The quantitative estimate of drug-likeness (QED) is 0.745. The van der Waals surface area contributed by atoms with Gasteiger partial charge >= 0.3 is 5.97 Å². The predicted octanol–water partition coefficient (Wildman–Crippen LogP) is 1.60. The summed E-state index contributed by atoms with van der Waals surface area (Å²) in [6.07, 6.45) is 7.09. The Bertz CT molecular complexity index is 507. The van der Waals surface area contributed by atoms with Gasteiger partial charge < -0.3 is 15.4 Å². The average molecular weight is 246 g/mol. The summed E-state index contributed by atoms with van der Waals surface area (Å²) >= 11 is 0. The van der Waals surface area contributed by atoms with E-state index in [1.807, 2.05) is 18.5 Å². The lowest BCUT2D eigenvalue weighted by Gasteiger charge is -2.08. The van der Waals surface area contributed by atoms with Crippen LogP contribution in [-0.2, 0) is 4.79 Å². The third-order valence-electron chi connectivity index (χ3n) is 2.57. The van der Waals surface area contributed by atoms with Gasteiger partial charge in [0.05, 0.1) is 5.92 Å². The Morgan fingerprint density at radius 1 is 1.44 bits per heavy atom. The van der Waals surface area contributed by atoms with Crippen LogP contribution >= 0.6 is 0 Å². The van der Waals surface area contributed by atoms with Crippen molar-refractivity contribution in [3.05, 3.63) is 30.9 Å². The summed E-state index contributed by atoms with van der Waals surface area (Å²) in [4.78, 5) is 21.9. The van der Waals surface area contributed by atoms with Gasteiger partial charge in [0, 0.05) is 42.5 Å². The number of carboxylic acids is 1. The number of hydrogen-bond donors (Lipinski definition) is 3. The lowest BCUT2D eigenvalue weighted by Crippen LogP contribution is -2.20. The topological polar surface area (TPSA) is 90.9 Å². The van der Waals surface area contributed by atoms with Crippen LogP contribution in [0, 0.1) is 5.92 Å². The SMILES string of the molecule is CC(CNc1ncc(-c2cc[nH]c2)cn1)C(=O)O. The zero-order chi connectivity index (χ0) is 13.0. The first-order valence-corrected chi connectivity index (χ1v) is 5.58. The molecule has 6 heteroatoms. The molecule has 94 valence electrons. The van der Waals surface area contributed by atoms with E-state index in [9.17, 15) is 4.79 Å². The second-order valence-corrected chi connectivity index (χ2v) is 4.02. The highest BCUT2D eigenvalue weighted by molar-refractivity contribution is 5.70. The summed E-state index contributed by atoms with van der Waals surface area (Å²) < 4.78 is 0. The number of carboxylic acid groups (broad SMARTS) is 1. The molecular formula is C12H14N4O2. The van der Waals surface area contributed by atoms with Crippen LogP contribution in [0.1, 0.15) is 6.92 Å². The van der Waals surface area contributed by atoms with Gasteiger partial charge in [-0.05, 0) is 6.07 Å². The largest absolute Gasteiger partial charge is 0.481 e. The van der Waals surface area contributed by atoms with Crippen LogP contribution in [0.3, 0.4) is 0 Å². The molecule has 2 aromatic heterocycles. The van der Waals surface area contributed by atoms with Crippen LogP contribution in [-0.4, -0.2) is 32.6 Å². The third kappa shape index (κ3) is 2.85. The minimum absolute atomic E-state index is 0.304. The van der Waals surface area contributed by atoms with Crippen LogP contribution in [0.5, 0.6) is 0 Å². The molecule has 2 heterocycles. The van der Waals surface area contributed by atoms with Crippen LogP contribution in [0.25, 0.3) is 11.1 Å². The zero-order valence-electron chi connectivity index (χ0n) is 9.92. The van der Waals surface area contributed by atoms with Gasteiger partial charge in [-0.15, -0.1) is 0 Å². The molecule has 1 atom stereocenters. The molecule has 3 N–H and O–H groups in total. The Hall–Kier alpha value is -2.37. The van der Waals surface area contributed by atoms with Gasteiger partial charge in [-0.3, -0.25) is 4.79 Å². The van der Waals surface area contributed by atoms with E-state index in [1.54, 1.807) is 19.3 Å². The Balaban J connectivity index is 1.98. The van der Waals surface area contributed by atoms with E-state index in [1.165, 1.54) is 0 Å². The second-order valence-electron chi connectivity index (χ2n) is 4.02. The van der Waals surface area contributed by atoms with Gasteiger partial charge in [-0.1, -0.05) is 6.92 Å². The summed E-state index contributed by atoms with van der Waals surface area (Å²) in [5.41, 5.74) is 1.92. The van der Waals surface area contributed by atoms with Crippen molar-refractivity contribution in [1.82, 2.24) is 15.0 Å². The van der Waals surface area contributed by atoms with Crippen molar-refractivity contribution in [2.24, 2.45) is 5.92 Å². The normalized spacial score (nSPS) is 12.1. The molecular weight excluding hydrogens is 232 g/mol. The van der Waals surface area contributed by atoms with E-state index in [0.717, 1.165) is 11.1 Å². The molecule has 2 rings (SSSR count). The molecule has 0 saturated heterocycles. The van der Waals surface area contributed by atoms with Crippen molar-refractivity contribution in [2.75, 3.05) is 11.9 Å². The van der Waals surface area contributed by atoms with E-state index < -0.39 is 11.9 Å². The van der Waals surface area contributed by atoms with E-state index in [-0.39, 0.29) is 0 Å². The highest BCUT2D eigenvalue weighted by Crippen LogP contribution is 2.16. The van der Waals surface area contributed by atoms with E-state index in [0.29, 0.717) is 12.5 Å². The molecule has 6 nitrogen and oxygen atoms in total. The van der Waals surface area contributed by atoms with Gasteiger partial charge in [-0.25, -0.2) is 9.97 Å². The van der Waals surface area contributed by atoms with Crippen LogP contribution in [0.2, 0.25) is 0 Å². The monoisotopic (exact) mass is 246 g/mol. The molecule has 0 aliphatic rings. The van der Waals surface area contributed by atoms with E-state index >= 15 is 0 Å². The fourth-order valence-electron chi connectivity index (χ4n) is 1.40. The van der Waals surface area contributed by atoms with Crippen LogP contribution in [0.15, 0.2) is 30.9 Å². The summed E-state index contributed by atoms with van der Waals surface area (Å²) in [5.74, 6) is -0.883. The smallest absolute Gasteiger partial charge is 0.308 e. The molecule has 0 amide bonds. The minimum Gasteiger partial charge on any atom is -0.481 e. The number of carbonyl (C=O) groups is 1. The number of aromatic nitrogens is 3. The minimum atomic E-state index is -0.841. The van der Waals surface area contributed by atoms with Crippen LogP contribution in [0.4, 0.5) is 5.95 Å². The number of anilines is 1. The van der Waals surface area contributed by atoms with Crippen molar-refractivity contribution in [3.63, 3.8) is 0 Å². The molecule has 0 spiro atoms. The van der Waals surface area contributed by atoms with E-state index in [2.05, 4.69) is 20.3 Å². The van der Waals surface area contributed by atoms with E-state index in [4.69, 9.17) is 5.11 Å². The summed E-state index contributed by atoms with van der Waals surface area (Å²) in [6.45, 7) is 1.93. The van der Waals surface area contributed by atoms with Crippen molar-refractivity contribution >= 4 is 11.9 Å². The van der Waals surface area contributed by atoms with Gasteiger partial charge in [0.2, 0.25) is 5.95 Å². The molecule has 0 bridgehead atoms.